The Labute approximate surface area is 119 Å². The maximum Gasteiger partial charge on any atom is 0.254 e. The van der Waals surface area contributed by atoms with Crippen molar-refractivity contribution >= 4 is 11.7 Å². The number of anilines is 1. The molecule has 0 aromatic carbocycles. The molecule has 2 heterocycles. The minimum Gasteiger partial charge on any atom is -0.337 e. The van der Waals surface area contributed by atoms with Crippen molar-refractivity contribution in [2.45, 2.75) is 25.8 Å². The molecule has 6 nitrogen and oxygen atoms in total. The van der Waals surface area contributed by atoms with Crippen LogP contribution < -0.4 is 11.3 Å². The van der Waals surface area contributed by atoms with E-state index in [1.54, 1.807) is 12.1 Å². The summed E-state index contributed by atoms with van der Waals surface area (Å²) in [7, 11) is 3.97. The van der Waals surface area contributed by atoms with Crippen molar-refractivity contribution in [3.05, 3.63) is 23.4 Å². The van der Waals surface area contributed by atoms with Gasteiger partial charge in [-0.05, 0) is 45.5 Å². The van der Waals surface area contributed by atoms with Gasteiger partial charge in [0.1, 0.15) is 5.82 Å². The zero-order chi connectivity index (χ0) is 14.7. The Balaban J connectivity index is 2.15. The number of nitrogens with two attached hydrogens (primary N) is 1. The van der Waals surface area contributed by atoms with Gasteiger partial charge in [-0.15, -0.1) is 0 Å². The van der Waals surface area contributed by atoms with Crippen LogP contribution in [0.4, 0.5) is 5.82 Å². The zero-order valence-electron chi connectivity index (χ0n) is 12.4. The molecule has 2 rings (SSSR count). The lowest BCUT2D eigenvalue weighted by molar-refractivity contribution is 0.0644. The molecular weight excluding hydrogens is 254 g/mol. The number of likely N-dealkylation sites (N-methyl/N-ethyl adjacent to an activating group) is 2. The number of nitrogens with one attached hydrogen (secondary N) is 1. The van der Waals surface area contributed by atoms with E-state index < -0.39 is 0 Å². The SMILES string of the molecule is Cc1cc(C(=O)N(C)C2CCCN(C)C2)cc(NN)n1. The summed E-state index contributed by atoms with van der Waals surface area (Å²) in [4.78, 5) is 20.9. The lowest BCUT2D eigenvalue weighted by atomic mass is 10.0. The zero-order valence-corrected chi connectivity index (χ0v) is 12.4. The Kier molecular flexibility index (Phi) is 4.57. The van der Waals surface area contributed by atoms with Crippen LogP contribution >= 0.6 is 0 Å². The van der Waals surface area contributed by atoms with Crippen LogP contribution in [0, 0.1) is 6.92 Å². The lowest BCUT2D eigenvalue weighted by Gasteiger charge is -2.36. The van der Waals surface area contributed by atoms with E-state index in [0.717, 1.165) is 31.6 Å². The Morgan fingerprint density at radius 2 is 2.30 bits per heavy atom. The molecule has 1 fully saturated rings. The van der Waals surface area contributed by atoms with Gasteiger partial charge in [0.25, 0.3) is 5.91 Å². The Bertz CT molecular complexity index is 490. The van der Waals surface area contributed by atoms with E-state index in [-0.39, 0.29) is 11.9 Å². The molecule has 0 saturated carbocycles. The van der Waals surface area contributed by atoms with Gasteiger partial charge in [-0.2, -0.15) is 0 Å². The molecule has 1 aliphatic rings. The van der Waals surface area contributed by atoms with Gasteiger partial charge in [-0.25, -0.2) is 10.8 Å². The molecular formula is C14H23N5O. The number of nitrogen functional groups attached to an aromatic ring is 1. The van der Waals surface area contributed by atoms with E-state index in [1.165, 1.54) is 0 Å². The van der Waals surface area contributed by atoms with Gasteiger partial charge < -0.3 is 15.2 Å². The number of aryl methyl sites for hydroxylation is 1. The summed E-state index contributed by atoms with van der Waals surface area (Å²) in [6.45, 7) is 3.88. The van der Waals surface area contributed by atoms with Crippen molar-refractivity contribution in [1.82, 2.24) is 14.8 Å². The molecule has 6 heteroatoms. The van der Waals surface area contributed by atoms with Crippen LogP contribution in [0.3, 0.4) is 0 Å². The molecule has 0 spiro atoms. The number of hydrogen-bond acceptors (Lipinski definition) is 5. The van der Waals surface area contributed by atoms with Gasteiger partial charge in [-0.3, -0.25) is 4.79 Å². The third-order valence-corrected chi connectivity index (χ3v) is 3.82. The second-order valence-corrected chi connectivity index (χ2v) is 5.50. The number of rotatable bonds is 3. The number of amides is 1. The molecule has 20 heavy (non-hydrogen) atoms. The van der Waals surface area contributed by atoms with Crippen LogP contribution in [0.1, 0.15) is 28.9 Å². The molecule has 1 aromatic heterocycles. The van der Waals surface area contributed by atoms with Gasteiger partial charge in [-0.1, -0.05) is 0 Å². The first-order valence-electron chi connectivity index (χ1n) is 6.92. The summed E-state index contributed by atoms with van der Waals surface area (Å²) in [6, 6.07) is 3.76. The molecule has 1 saturated heterocycles. The van der Waals surface area contributed by atoms with Gasteiger partial charge in [0.05, 0.1) is 0 Å². The van der Waals surface area contributed by atoms with E-state index >= 15 is 0 Å². The Morgan fingerprint density at radius 1 is 1.55 bits per heavy atom. The molecule has 0 radical (unpaired) electrons. The summed E-state index contributed by atoms with van der Waals surface area (Å²) in [5, 5.41) is 0. The van der Waals surface area contributed by atoms with Crippen molar-refractivity contribution in [1.29, 1.82) is 0 Å². The first-order valence-corrected chi connectivity index (χ1v) is 6.92. The smallest absolute Gasteiger partial charge is 0.254 e. The molecule has 1 aromatic rings. The number of likely N-dealkylation sites (tertiary alicyclic amines) is 1. The van der Waals surface area contributed by atoms with E-state index in [9.17, 15) is 4.79 Å². The van der Waals surface area contributed by atoms with E-state index in [4.69, 9.17) is 5.84 Å². The second kappa shape index (κ2) is 6.19. The number of nitrogens with zero attached hydrogens (tertiary/aromatic N) is 3. The first-order chi connectivity index (χ1) is 9.51. The van der Waals surface area contributed by atoms with E-state index in [2.05, 4.69) is 22.4 Å². The summed E-state index contributed by atoms with van der Waals surface area (Å²) in [5.74, 6) is 5.92. The molecule has 1 unspecified atom stereocenters. The Hall–Kier alpha value is -1.66. The molecule has 1 atom stereocenters. The van der Waals surface area contributed by atoms with Crippen LogP contribution in [0.2, 0.25) is 0 Å². The maximum atomic E-state index is 12.6. The number of pyridine rings is 1. The minimum absolute atomic E-state index is 0.0206. The topological polar surface area (TPSA) is 74.5 Å². The van der Waals surface area contributed by atoms with E-state index in [0.29, 0.717) is 11.4 Å². The number of carbonyl (C=O) groups excluding carboxylic acids is 1. The summed E-state index contributed by atoms with van der Waals surface area (Å²) in [6.07, 6.45) is 2.18. The second-order valence-electron chi connectivity index (χ2n) is 5.50. The monoisotopic (exact) mass is 277 g/mol. The van der Waals surface area contributed by atoms with Crippen LogP contribution in [0.25, 0.3) is 0 Å². The summed E-state index contributed by atoms with van der Waals surface area (Å²) >= 11 is 0. The summed E-state index contributed by atoms with van der Waals surface area (Å²) < 4.78 is 0. The van der Waals surface area contributed by atoms with Crippen LogP contribution in [0.5, 0.6) is 0 Å². The molecule has 0 aliphatic carbocycles. The molecule has 0 bridgehead atoms. The molecule has 110 valence electrons. The summed E-state index contributed by atoms with van der Waals surface area (Å²) in [5.41, 5.74) is 3.90. The fourth-order valence-corrected chi connectivity index (χ4v) is 2.69. The van der Waals surface area contributed by atoms with Gasteiger partial charge in [0.15, 0.2) is 0 Å². The Morgan fingerprint density at radius 3 is 2.95 bits per heavy atom. The highest BCUT2D eigenvalue weighted by Gasteiger charge is 2.25. The van der Waals surface area contributed by atoms with Gasteiger partial charge in [0.2, 0.25) is 0 Å². The average Bonchev–Trinajstić information content (AvgIpc) is 2.45. The fraction of sp³-hybridized carbons (Fsp3) is 0.571. The number of aromatic nitrogens is 1. The number of carbonyl (C=O) groups is 1. The normalized spacial score (nSPS) is 19.7. The van der Waals surface area contributed by atoms with E-state index in [1.807, 2.05) is 18.9 Å². The number of hydrogen-bond donors (Lipinski definition) is 2. The van der Waals surface area contributed by atoms with Crippen LogP contribution in [0.15, 0.2) is 12.1 Å². The predicted molar refractivity (Wildman–Crippen MR) is 79.4 cm³/mol. The maximum absolute atomic E-state index is 12.6. The largest absolute Gasteiger partial charge is 0.337 e. The molecule has 1 aliphatic heterocycles. The minimum atomic E-state index is 0.0206. The first kappa shape index (κ1) is 14.7. The van der Waals surface area contributed by atoms with Crippen molar-refractivity contribution in [2.24, 2.45) is 5.84 Å². The predicted octanol–water partition coefficient (Wildman–Crippen LogP) is 0.842. The number of hydrazine groups is 1. The van der Waals surface area contributed by atoms with Crippen LogP contribution in [-0.2, 0) is 0 Å². The third-order valence-electron chi connectivity index (χ3n) is 3.82. The van der Waals surface area contributed by atoms with Gasteiger partial charge in [0, 0.05) is 30.9 Å². The molecule has 1 amide bonds. The van der Waals surface area contributed by atoms with Crippen LogP contribution in [-0.4, -0.2) is 53.9 Å². The highest BCUT2D eigenvalue weighted by Crippen LogP contribution is 2.17. The quantitative estimate of drug-likeness (QED) is 0.632. The van der Waals surface area contributed by atoms with Crippen molar-refractivity contribution in [3.8, 4) is 0 Å². The van der Waals surface area contributed by atoms with Crippen molar-refractivity contribution in [3.63, 3.8) is 0 Å². The number of piperidine rings is 1. The standard InChI is InChI=1S/C14H23N5O/c1-10-7-11(8-13(16-10)17-15)14(20)19(3)12-5-4-6-18(2)9-12/h7-8,12H,4-6,9,15H2,1-3H3,(H,16,17). The molecule has 3 N–H and O–H groups in total. The highest BCUT2D eigenvalue weighted by atomic mass is 16.2. The third kappa shape index (κ3) is 3.26. The van der Waals surface area contributed by atoms with Crippen molar-refractivity contribution < 1.29 is 4.79 Å². The van der Waals surface area contributed by atoms with Gasteiger partial charge >= 0.3 is 0 Å². The fourth-order valence-electron chi connectivity index (χ4n) is 2.69. The average molecular weight is 277 g/mol. The highest BCUT2D eigenvalue weighted by molar-refractivity contribution is 5.95. The lowest BCUT2D eigenvalue weighted by Crippen LogP contribution is -2.47. The van der Waals surface area contributed by atoms with Crippen molar-refractivity contribution in [2.75, 3.05) is 32.6 Å².